The summed E-state index contributed by atoms with van der Waals surface area (Å²) in [6.07, 6.45) is 4.68. The molecule has 2 heterocycles. The molecular formula is C17H13N3O2. The number of nitrogens with one attached hydrogen (secondary N) is 1. The highest BCUT2D eigenvalue weighted by atomic mass is 16.5. The molecule has 3 aromatic rings. The van der Waals surface area contributed by atoms with Crippen LogP contribution in [-0.2, 0) is 0 Å². The summed E-state index contributed by atoms with van der Waals surface area (Å²) in [6.45, 7) is 0. The number of aromatic nitrogens is 2. The van der Waals surface area contributed by atoms with Crippen molar-refractivity contribution in [2.24, 2.45) is 0 Å². The van der Waals surface area contributed by atoms with Crippen molar-refractivity contribution in [2.45, 2.75) is 0 Å². The molecule has 0 aliphatic carbocycles. The lowest BCUT2D eigenvalue weighted by atomic mass is 10.2. The Bertz CT molecular complexity index is 744. The van der Waals surface area contributed by atoms with Crippen molar-refractivity contribution in [1.29, 1.82) is 0 Å². The summed E-state index contributed by atoms with van der Waals surface area (Å²) in [5.74, 6) is 1.54. The highest BCUT2D eigenvalue weighted by Gasteiger charge is 2.06. The topological polar surface area (TPSA) is 64.1 Å². The Morgan fingerprint density at radius 2 is 1.77 bits per heavy atom. The second-order valence-corrected chi connectivity index (χ2v) is 4.49. The molecule has 0 bridgehead atoms. The molecule has 5 heteroatoms. The van der Waals surface area contributed by atoms with Gasteiger partial charge in [-0.2, -0.15) is 0 Å². The van der Waals surface area contributed by atoms with Crippen LogP contribution in [-0.4, -0.2) is 15.9 Å². The minimum Gasteiger partial charge on any atom is -0.456 e. The Morgan fingerprint density at radius 1 is 0.909 bits per heavy atom. The van der Waals surface area contributed by atoms with Gasteiger partial charge in [-0.05, 0) is 36.4 Å². The van der Waals surface area contributed by atoms with E-state index < -0.39 is 0 Å². The maximum Gasteiger partial charge on any atom is 0.258 e. The van der Waals surface area contributed by atoms with Crippen molar-refractivity contribution < 1.29 is 9.53 Å². The number of benzene rings is 1. The van der Waals surface area contributed by atoms with Crippen LogP contribution < -0.4 is 10.1 Å². The predicted octanol–water partition coefficient (Wildman–Crippen LogP) is 3.52. The maximum absolute atomic E-state index is 12.0. The number of carbonyl (C=O) groups is 1. The van der Waals surface area contributed by atoms with Crippen molar-refractivity contribution in [3.63, 3.8) is 0 Å². The van der Waals surface area contributed by atoms with Gasteiger partial charge in [0.25, 0.3) is 5.91 Å². The standard InChI is InChI=1S/C17H13N3O2/c21-17(13-5-4-10-18-11-13)20-16-9-8-15(12-19-16)22-14-6-2-1-3-7-14/h1-12H,(H,19,20,21). The summed E-state index contributed by atoms with van der Waals surface area (Å²) in [5.41, 5.74) is 0.480. The smallest absolute Gasteiger partial charge is 0.258 e. The fraction of sp³-hybridized carbons (Fsp3) is 0. The molecule has 0 saturated heterocycles. The van der Waals surface area contributed by atoms with E-state index in [0.717, 1.165) is 5.75 Å². The van der Waals surface area contributed by atoms with Gasteiger partial charge in [-0.3, -0.25) is 9.78 Å². The zero-order valence-corrected chi connectivity index (χ0v) is 11.6. The van der Waals surface area contributed by atoms with Crippen molar-refractivity contribution in [2.75, 3.05) is 5.32 Å². The van der Waals surface area contributed by atoms with Gasteiger partial charge in [0.2, 0.25) is 0 Å². The van der Waals surface area contributed by atoms with Crippen LogP contribution in [0.15, 0.2) is 73.2 Å². The van der Waals surface area contributed by atoms with E-state index in [1.807, 2.05) is 30.3 Å². The van der Waals surface area contributed by atoms with Crippen LogP contribution in [0.3, 0.4) is 0 Å². The van der Waals surface area contributed by atoms with Crippen LogP contribution in [0.4, 0.5) is 5.82 Å². The van der Waals surface area contributed by atoms with E-state index >= 15 is 0 Å². The highest BCUT2D eigenvalue weighted by Crippen LogP contribution is 2.20. The average molecular weight is 291 g/mol. The number of para-hydroxylation sites is 1. The maximum atomic E-state index is 12.0. The first kappa shape index (κ1) is 13.8. The van der Waals surface area contributed by atoms with Gasteiger partial charge in [-0.25, -0.2) is 4.98 Å². The highest BCUT2D eigenvalue weighted by molar-refractivity contribution is 6.03. The van der Waals surface area contributed by atoms with E-state index in [-0.39, 0.29) is 5.91 Å². The number of carbonyl (C=O) groups excluding carboxylic acids is 1. The van der Waals surface area contributed by atoms with Crippen LogP contribution in [0.25, 0.3) is 0 Å². The molecule has 108 valence electrons. The lowest BCUT2D eigenvalue weighted by Gasteiger charge is -2.07. The van der Waals surface area contributed by atoms with Gasteiger partial charge >= 0.3 is 0 Å². The molecule has 0 unspecified atom stereocenters. The summed E-state index contributed by atoms with van der Waals surface area (Å²) in [6, 6.07) is 16.3. The lowest BCUT2D eigenvalue weighted by molar-refractivity contribution is 0.102. The summed E-state index contributed by atoms with van der Waals surface area (Å²) >= 11 is 0. The Labute approximate surface area is 127 Å². The first-order chi connectivity index (χ1) is 10.8. The molecule has 1 N–H and O–H groups in total. The molecule has 0 atom stereocenters. The van der Waals surface area contributed by atoms with Gasteiger partial charge in [0, 0.05) is 12.4 Å². The van der Waals surface area contributed by atoms with Crippen LogP contribution >= 0.6 is 0 Å². The zero-order valence-electron chi connectivity index (χ0n) is 11.6. The molecule has 0 aliphatic heterocycles. The summed E-state index contributed by atoms with van der Waals surface area (Å²) in [4.78, 5) is 20.0. The third kappa shape index (κ3) is 3.46. The molecule has 5 nitrogen and oxygen atoms in total. The Hall–Kier alpha value is -3.21. The minimum absolute atomic E-state index is 0.252. The van der Waals surface area contributed by atoms with Crippen LogP contribution in [0.1, 0.15) is 10.4 Å². The molecule has 3 rings (SSSR count). The first-order valence-electron chi connectivity index (χ1n) is 6.71. The van der Waals surface area contributed by atoms with E-state index in [0.29, 0.717) is 17.1 Å². The monoisotopic (exact) mass is 291 g/mol. The number of hydrogen-bond donors (Lipinski definition) is 1. The number of hydrogen-bond acceptors (Lipinski definition) is 4. The number of pyridine rings is 2. The zero-order chi connectivity index (χ0) is 15.2. The second kappa shape index (κ2) is 6.49. The van der Waals surface area contributed by atoms with Crippen molar-refractivity contribution in [3.05, 3.63) is 78.8 Å². The van der Waals surface area contributed by atoms with Gasteiger partial charge in [0.05, 0.1) is 11.8 Å². The number of ether oxygens (including phenoxy) is 1. The Kier molecular flexibility index (Phi) is 4.06. The van der Waals surface area contributed by atoms with E-state index in [4.69, 9.17) is 4.74 Å². The molecule has 0 radical (unpaired) electrons. The van der Waals surface area contributed by atoms with Gasteiger partial charge in [0.1, 0.15) is 17.3 Å². The van der Waals surface area contributed by atoms with Gasteiger partial charge < -0.3 is 10.1 Å². The summed E-state index contributed by atoms with van der Waals surface area (Å²) in [5, 5.41) is 2.70. The van der Waals surface area contributed by atoms with Gasteiger partial charge in [-0.15, -0.1) is 0 Å². The third-order valence-corrected chi connectivity index (χ3v) is 2.88. The van der Waals surface area contributed by atoms with E-state index in [9.17, 15) is 4.79 Å². The van der Waals surface area contributed by atoms with Gasteiger partial charge in [-0.1, -0.05) is 18.2 Å². The van der Waals surface area contributed by atoms with E-state index in [1.54, 1.807) is 36.7 Å². The number of rotatable bonds is 4. The van der Waals surface area contributed by atoms with Crippen molar-refractivity contribution in [3.8, 4) is 11.5 Å². The quantitative estimate of drug-likeness (QED) is 0.798. The molecule has 0 spiro atoms. The van der Waals surface area contributed by atoms with Gasteiger partial charge in [0.15, 0.2) is 0 Å². The molecule has 22 heavy (non-hydrogen) atoms. The lowest BCUT2D eigenvalue weighted by Crippen LogP contribution is -2.12. The van der Waals surface area contributed by atoms with Crippen molar-refractivity contribution >= 4 is 11.7 Å². The SMILES string of the molecule is O=C(Nc1ccc(Oc2ccccc2)cn1)c1cccnc1. The Morgan fingerprint density at radius 3 is 2.45 bits per heavy atom. The molecule has 0 saturated carbocycles. The summed E-state index contributed by atoms with van der Waals surface area (Å²) < 4.78 is 5.64. The average Bonchev–Trinajstić information content (AvgIpc) is 2.58. The minimum atomic E-state index is -0.252. The molecule has 1 amide bonds. The summed E-state index contributed by atoms with van der Waals surface area (Å²) in [7, 11) is 0. The molecule has 0 aliphatic rings. The molecule has 2 aromatic heterocycles. The largest absolute Gasteiger partial charge is 0.456 e. The van der Waals surface area contributed by atoms with Crippen LogP contribution in [0.2, 0.25) is 0 Å². The van der Waals surface area contributed by atoms with Crippen LogP contribution in [0.5, 0.6) is 11.5 Å². The molecular weight excluding hydrogens is 278 g/mol. The number of nitrogens with zero attached hydrogens (tertiary/aromatic N) is 2. The second-order valence-electron chi connectivity index (χ2n) is 4.49. The molecule has 1 aromatic carbocycles. The predicted molar refractivity (Wildman–Crippen MR) is 82.9 cm³/mol. The van der Waals surface area contributed by atoms with Crippen LogP contribution in [0, 0.1) is 0 Å². The number of amides is 1. The fourth-order valence-corrected chi connectivity index (χ4v) is 1.82. The first-order valence-corrected chi connectivity index (χ1v) is 6.71. The van der Waals surface area contributed by atoms with Crippen molar-refractivity contribution in [1.82, 2.24) is 9.97 Å². The van der Waals surface area contributed by atoms with E-state index in [1.165, 1.54) is 6.20 Å². The fourth-order valence-electron chi connectivity index (χ4n) is 1.82. The Balaban J connectivity index is 1.66. The molecule has 0 fully saturated rings. The van der Waals surface area contributed by atoms with E-state index in [2.05, 4.69) is 15.3 Å². The number of anilines is 1. The third-order valence-electron chi connectivity index (χ3n) is 2.88. The normalized spacial score (nSPS) is 10.0.